The third-order valence-corrected chi connectivity index (χ3v) is 4.06. The summed E-state index contributed by atoms with van der Waals surface area (Å²) in [6, 6.07) is 13.9. The second-order valence-corrected chi connectivity index (χ2v) is 5.37. The molecule has 102 valence electrons. The molecule has 4 nitrogen and oxygen atoms in total. The Morgan fingerprint density at radius 3 is 2.85 bits per heavy atom. The van der Waals surface area contributed by atoms with Crippen molar-refractivity contribution in [3.05, 3.63) is 48.0 Å². The number of nitrogens with zero attached hydrogens (tertiary/aromatic N) is 1. The minimum Gasteiger partial charge on any atom is -0.497 e. The number of imidazole rings is 1. The van der Waals surface area contributed by atoms with Gasteiger partial charge in [-0.1, -0.05) is 30.0 Å². The zero-order valence-electron chi connectivity index (χ0n) is 11.1. The van der Waals surface area contributed by atoms with E-state index >= 15 is 0 Å². The van der Waals surface area contributed by atoms with Crippen LogP contribution >= 0.6 is 11.8 Å². The topological polar surface area (TPSA) is 63.9 Å². The Kier molecular flexibility index (Phi) is 3.62. The molecule has 0 aliphatic heterocycles. The van der Waals surface area contributed by atoms with E-state index in [0.717, 1.165) is 32.4 Å². The fourth-order valence-corrected chi connectivity index (χ4v) is 2.98. The van der Waals surface area contributed by atoms with Crippen LogP contribution in [0.1, 0.15) is 5.56 Å². The highest BCUT2D eigenvalue weighted by Crippen LogP contribution is 2.32. The minimum absolute atomic E-state index is 0.493. The number of hydrogen-bond donors (Lipinski definition) is 2. The molecule has 3 N–H and O–H groups in total. The van der Waals surface area contributed by atoms with Crippen LogP contribution in [0.4, 0.5) is 0 Å². The normalized spacial score (nSPS) is 10.9. The van der Waals surface area contributed by atoms with E-state index in [4.69, 9.17) is 10.5 Å². The van der Waals surface area contributed by atoms with Crippen molar-refractivity contribution in [2.24, 2.45) is 5.73 Å². The molecule has 3 rings (SSSR count). The Morgan fingerprint density at radius 1 is 1.25 bits per heavy atom. The largest absolute Gasteiger partial charge is 0.497 e. The molecule has 0 atom stereocenters. The van der Waals surface area contributed by atoms with Gasteiger partial charge in [-0.05, 0) is 29.8 Å². The highest BCUT2D eigenvalue weighted by atomic mass is 32.2. The van der Waals surface area contributed by atoms with Crippen molar-refractivity contribution < 1.29 is 4.74 Å². The fourth-order valence-electron chi connectivity index (χ4n) is 2.01. The molecule has 0 aliphatic rings. The highest BCUT2D eigenvalue weighted by molar-refractivity contribution is 7.99. The highest BCUT2D eigenvalue weighted by Gasteiger charge is 2.09. The van der Waals surface area contributed by atoms with Gasteiger partial charge < -0.3 is 15.5 Å². The van der Waals surface area contributed by atoms with Crippen molar-refractivity contribution in [2.75, 3.05) is 7.11 Å². The predicted octanol–water partition coefficient (Wildman–Crippen LogP) is 3.18. The number of hydrogen-bond acceptors (Lipinski definition) is 4. The molecule has 0 saturated carbocycles. The summed E-state index contributed by atoms with van der Waals surface area (Å²) in [5.41, 5.74) is 8.87. The van der Waals surface area contributed by atoms with Crippen LogP contribution in [0.5, 0.6) is 5.75 Å². The lowest BCUT2D eigenvalue weighted by atomic mass is 10.2. The predicted molar refractivity (Wildman–Crippen MR) is 81.1 cm³/mol. The van der Waals surface area contributed by atoms with Gasteiger partial charge >= 0.3 is 0 Å². The third-order valence-electron chi connectivity index (χ3n) is 3.07. The van der Waals surface area contributed by atoms with Gasteiger partial charge in [0.05, 0.1) is 18.1 Å². The van der Waals surface area contributed by atoms with Crippen LogP contribution in [0.15, 0.2) is 52.5 Å². The van der Waals surface area contributed by atoms with Crippen LogP contribution in [0.3, 0.4) is 0 Å². The summed E-state index contributed by atoms with van der Waals surface area (Å²) >= 11 is 1.57. The van der Waals surface area contributed by atoms with E-state index in [0.29, 0.717) is 6.54 Å². The second kappa shape index (κ2) is 5.56. The lowest BCUT2D eigenvalue weighted by molar-refractivity contribution is 0.413. The van der Waals surface area contributed by atoms with Crippen LogP contribution in [0.25, 0.3) is 11.0 Å². The van der Waals surface area contributed by atoms with E-state index in [1.54, 1.807) is 18.9 Å². The SMILES string of the molecule is COc1ccc(CN)c(Sc2nc3ccccc3[nH]2)c1. The number of methoxy groups -OCH3 is 1. The van der Waals surface area contributed by atoms with Crippen molar-refractivity contribution in [3.8, 4) is 5.75 Å². The Labute approximate surface area is 121 Å². The quantitative estimate of drug-likeness (QED) is 0.772. The van der Waals surface area contributed by atoms with Crippen LogP contribution in [-0.4, -0.2) is 17.1 Å². The molecule has 20 heavy (non-hydrogen) atoms. The molecular formula is C15H15N3OS. The van der Waals surface area contributed by atoms with Crippen LogP contribution in [0, 0.1) is 0 Å². The van der Waals surface area contributed by atoms with Crippen molar-refractivity contribution in [3.63, 3.8) is 0 Å². The van der Waals surface area contributed by atoms with E-state index < -0.39 is 0 Å². The van der Waals surface area contributed by atoms with Crippen molar-refractivity contribution >= 4 is 22.8 Å². The molecule has 0 unspecified atom stereocenters. The summed E-state index contributed by atoms with van der Waals surface area (Å²) in [7, 11) is 1.66. The molecule has 0 radical (unpaired) electrons. The number of ether oxygens (including phenoxy) is 1. The third kappa shape index (κ3) is 2.50. The maximum absolute atomic E-state index is 5.79. The molecule has 1 aromatic heterocycles. The molecule has 0 aliphatic carbocycles. The maximum atomic E-state index is 5.79. The molecule has 2 aromatic carbocycles. The Bertz CT molecular complexity index is 706. The van der Waals surface area contributed by atoms with Gasteiger partial charge in [0, 0.05) is 11.4 Å². The van der Waals surface area contributed by atoms with Gasteiger partial charge in [-0.15, -0.1) is 0 Å². The molecule has 3 aromatic rings. The zero-order chi connectivity index (χ0) is 13.9. The summed E-state index contributed by atoms with van der Waals surface area (Å²) in [6.07, 6.45) is 0. The molecule has 0 saturated heterocycles. The van der Waals surface area contributed by atoms with E-state index in [-0.39, 0.29) is 0 Å². The Balaban J connectivity index is 1.97. The first-order chi connectivity index (χ1) is 9.80. The Morgan fingerprint density at radius 2 is 2.10 bits per heavy atom. The molecular weight excluding hydrogens is 270 g/mol. The summed E-state index contributed by atoms with van der Waals surface area (Å²) in [6.45, 7) is 0.493. The second-order valence-electron chi connectivity index (χ2n) is 4.34. The average Bonchev–Trinajstić information content (AvgIpc) is 2.89. The number of nitrogens with two attached hydrogens (primary N) is 1. The van der Waals surface area contributed by atoms with Crippen molar-refractivity contribution in [1.82, 2.24) is 9.97 Å². The van der Waals surface area contributed by atoms with Gasteiger partial charge in [-0.2, -0.15) is 0 Å². The summed E-state index contributed by atoms with van der Waals surface area (Å²) < 4.78 is 5.27. The molecule has 0 bridgehead atoms. The first kappa shape index (κ1) is 13.0. The number of H-pyrrole nitrogens is 1. The number of rotatable bonds is 4. The van der Waals surface area contributed by atoms with Gasteiger partial charge in [-0.25, -0.2) is 4.98 Å². The van der Waals surface area contributed by atoms with Crippen molar-refractivity contribution in [1.29, 1.82) is 0 Å². The lowest BCUT2D eigenvalue weighted by Crippen LogP contribution is -1.98. The lowest BCUT2D eigenvalue weighted by Gasteiger charge is -2.08. The first-order valence-corrected chi connectivity index (χ1v) is 7.11. The molecule has 0 spiro atoms. The summed E-state index contributed by atoms with van der Waals surface area (Å²) in [4.78, 5) is 8.93. The standard InChI is InChI=1S/C15H15N3OS/c1-19-11-7-6-10(9-16)14(8-11)20-15-17-12-4-2-3-5-13(12)18-15/h2-8H,9,16H2,1H3,(H,17,18). The van der Waals surface area contributed by atoms with E-state index in [9.17, 15) is 0 Å². The monoisotopic (exact) mass is 285 g/mol. The summed E-state index contributed by atoms with van der Waals surface area (Å²) in [5, 5.41) is 0.856. The number of aromatic amines is 1. The van der Waals surface area contributed by atoms with Gasteiger partial charge in [0.15, 0.2) is 5.16 Å². The zero-order valence-corrected chi connectivity index (χ0v) is 11.9. The molecule has 5 heteroatoms. The fraction of sp³-hybridized carbons (Fsp3) is 0.133. The molecule has 1 heterocycles. The minimum atomic E-state index is 0.493. The smallest absolute Gasteiger partial charge is 0.171 e. The van der Waals surface area contributed by atoms with Gasteiger partial charge in [-0.3, -0.25) is 0 Å². The average molecular weight is 285 g/mol. The Hall–Kier alpha value is -1.98. The number of fused-ring (bicyclic) bond motifs is 1. The van der Waals surface area contributed by atoms with Crippen LogP contribution in [-0.2, 0) is 6.54 Å². The van der Waals surface area contributed by atoms with Crippen LogP contribution < -0.4 is 10.5 Å². The molecule has 0 amide bonds. The van der Waals surface area contributed by atoms with Gasteiger partial charge in [0.25, 0.3) is 0 Å². The summed E-state index contributed by atoms with van der Waals surface area (Å²) in [5.74, 6) is 0.820. The molecule has 0 fully saturated rings. The number of aromatic nitrogens is 2. The van der Waals surface area contributed by atoms with E-state index in [2.05, 4.69) is 9.97 Å². The van der Waals surface area contributed by atoms with Gasteiger partial charge in [0.1, 0.15) is 5.75 Å². The maximum Gasteiger partial charge on any atom is 0.171 e. The van der Waals surface area contributed by atoms with E-state index in [1.165, 1.54) is 0 Å². The number of nitrogens with one attached hydrogen (secondary N) is 1. The van der Waals surface area contributed by atoms with Crippen LogP contribution in [0.2, 0.25) is 0 Å². The first-order valence-electron chi connectivity index (χ1n) is 6.30. The number of benzene rings is 2. The van der Waals surface area contributed by atoms with E-state index in [1.807, 2.05) is 42.5 Å². The van der Waals surface area contributed by atoms with Gasteiger partial charge in [0.2, 0.25) is 0 Å². The van der Waals surface area contributed by atoms with Crippen molar-refractivity contribution in [2.45, 2.75) is 16.6 Å². The number of para-hydroxylation sites is 2.